The first-order chi connectivity index (χ1) is 20.8. The van der Waals surface area contributed by atoms with Gasteiger partial charge in [0.2, 0.25) is 11.7 Å². The fourth-order valence-electron chi connectivity index (χ4n) is 9.12. The highest BCUT2D eigenvalue weighted by molar-refractivity contribution is 5.99. The Hall–Kier alpha value is -5.32. The summed E-state index contributed by atoms with van der Waals surface area (Å²) in [5, 5.41) is 0. The number of benzene rings is 5. The molecule has 0 saturated heterocycles. The highest BCUT2D eigenvalue weighted by atomic mass is 15.9. The van der Waals surface area contributed by atoms with Crippen LogP contribution in [0.2, 0.25) is 0 Å². The predicted octanol–water partition coefficient (Wildman–Crippen LogP) is 6.96. The van der Waals surface area contributed by atoms with Gasteiger partial charge in [0.05, 0.1) is 12.5 Å². The molecule has 4 heteroatoms. The van der Waals surface area contributed by atoms with Crippen molar-refractivity contribution in [1.29, 1.82) is 0 Å². The third kappa shape index (κ3) is 1.93. The Bertz CT molecular complexity index is 2350. The zero-order valence-corrected chi connectivity index (χ0v) is 23.0. The minimum absolute atomic E-state index is 0.424. The summed E-state index contributed by atoms with van der Waals surface area (Å²) in [6.07, 6.45) is 2.28. The molecule has 3 aliphatic heterocycles. The van der Waals surface area contributed by atoms with E-state index in [0.717, 1.165) is 0 Å². The van der Waals surface area contributed by atoms with Gasteiger partial charge >= 0.3 is 5.82 Å². The van der Waals surface area contributed by atoms with Crippen LogP contribution in [0.3, 0.4) is 0 Å². The van der Waals surface area contributed by atoms with E-state index in [-0.39, 0.29) is 0 Å². The van der Waals surface area contributed by atoms with Gasteiger partial charge in [0.1, 0.15) is 15.8 Å². The molecule has 0 radical (unpaired) electrons. The number of aryl methyl sites for hydroxylation is 1. The molecule has 0 saturated carbocycles. The number of aromatic nitrogens is 3. The first-order valence-electron chi connectivity index (χ1n) is 14.7. The van der Waals surface area contributed by atoms with Gasteiger partial charge in [-0.15, -0.1) is 0 Å². The molecule has 0 amide bonds. The van der Waals surface area contributed by atoms with E-state index < -0.39 is 5.41 Å². The molecule has 1 aliphatic carbocycles. The average Bonchev–Trinajstić information content (AvgIpc) is 3.73. The summed E-state index contributed by atoms with van der Waals surface area (Å²) in [7, 11) is 2.22. The Kier molecular flexibility index (Phi) is 3.45. The van der Waals surface area contributed by atoms with E-state index in [1.165, 1.54) is 78.4 Å². The van der Waals surface area contributed by atoms with Gasteiger partial charge < -0.3 is 0 Å². The second-order valence-corrected chi connectivity index (χ2v) is 12.0. The van der Waals surface area contributed by atoms with Crippen molar-refractivity contribution in [2.45, 2.75) is 5.41 Å². The fraction of sp³-hybridized carbons (Fsp3) is 0.0526. The largest absolute Gasteiger partial charge is 0.353 e. The minimum Gasteiger partial charge on any atom is -0.221 e. The Morgan fingerprint density at radius 1 is 0.548 bits per heavy atom. The normalized spacial score (nSPS) is 18.4. The third-order valence-corrected chi connectivity index (χ3v) is 10.4. The Morgan fingerprint density at radius 2 is 1.12 bits per heavy atom. The van der Waals surface area contributed by atoms with Crippen LogP contribution >= 0.6 is 0 Å². The van der Waals surface area contributed by atoms with Crippen LogP contribution in [0.1, 0.15) is 22.3 Å². The van der Waals surface area contributed by atoms with Gasteiger partial charge in [0, 0.05) is 32.6 Å². The van der Waals surface area contributed by atoms with Crippen molar-refractivity contribution in [3.05, 3.63) is 156 Å². The van der Waals surface area contributed by atoms with Crippen LogP contribution in [0, 0.1) is 0 Å². The molecule has 1 atom stereocenters. The lowest BCUT2D eigenvalue weighted by atomic mass is 9.64. The van der Waals surface area contributed by atoms with E-state index in [1.807, 2.05) is 0 Å². The van der Waals surface area contributed by atoms with Crippen molar-refractivity contribution >= 4 is 22.4 Å². The van der Waals surface area contributed by atoms with Crippen molar-refractivity contribution in [3.8, 4) is 33.8 Å². The molecule has 194 valence electrons. The number of rotatable bonds is 0. The Morgan fingerprint density at radius 3 is 1.88 bits per heavy atom. The van der Waals surface area contributed by atoms with Crippen LogP contribution in [0.25, 0.3) is 44.8 Å². The van der Waals surface area contributed by atoms with Crippen LogP contribution in [0.4, 0.5) is 11.4 Å². The number of nitrogens with zero attached hydrogens (tertiary/aromatic N) is 4. The molecule has 4 nitrogen and oxygen atoms in total. The molecule has 2 aromatic heterocycles. The standard InChI is InChI=1S/C38H25N4/c1-39-33-21-6-7-22-34(33)41-37(39)27-15-11-19-31-36(27)42(41)35-26(32-20-8-9-23-40(32)42)14-10-18-30(35)38(31)28-16-4-2-12-24(28)25-13-3-5-17-29(25)38/h2-23H,1H3/q+3. The predicted molar refractivity (Wildman–Crippen MR) is 164 cm³/mol. The summed E-state index contributed by atoms with van der Waals surface area (Å²) < 4.78 is 7.97. The summed E-state index contributed by atoms with van der Waals surface area (Å²) in [5.41, 5.74) is 16.7. The number of fused-ring (bicyclic) bond motifs is 13. The number of para-hydroxylation sites is 4. The second kappa shape index (κ2) is 6.76. The summed E-state index contributed by atoms with van der Waals surface area (Å²) in [6.45, 7) is 0. The molecule has 11 rings (SSSR count). The van der Waals surface area contributed by atoms with E-state index in [0.29, 0.717) is 4.70 Å². The van der Waals surface area contributed by atoms with Crippen LogP contribution in [-0.4, -0.2) is 4.57 Å². The van der Waals surface area contributed by atoms with Crippen molar-refractivity contribution in [2.24, 2.45) is 7.05 Å². The zero-order valence-electron chi connectivity index (χ0n) is 23.0. The Labute approximate surface area is 242 Å². The van der Waals surface area contributed by atoms with Gasteiger partial charge in [-0.25, -0.2) is 4.57 Å². The number of imidazole rings is 1. The van der Waals surface area contributed by atoms with Gasteiger partial charge in [0.15, 0.2) is 5.52 Å². The van der Waals surface area contributed by atoms with Gasteiger partial charge in [0.25, 0.3) is 17.1 Å². The molecule has 0 bridgehead atoms. The molecular weight excluding hydrogens is 512 g/mol. The van der Waals surface area contributed by atoms with E-state index in [2.05, 4.69) is 155 Å². The van der Waals surface area contributed by atoms with Crippen LogP contribution in [0.5, 0.6) is 0 Å². The van der Waals surface area contributed by atoms with Crippen LogP contribution in [0.15, 0.2) is 134 Å². The molecule has 5 aromatic carbocycles. The molecule has 5 heterocycles. The molecule has 7 aromatic rings. The topological polar surface area (TPSA) is 12.7 Å². The molecular formula is C38H25N4+3. The first kappa shape index (κ1) is 21.4. The van der Waals surface area contributed by atoms with Gasteiger partial charge in [-0.05, 0) is 52.6 Å². The summed E-state index contributed by atoms with van der Waals surface area (Å²) >= 11 is 0. The van der Waals surface area contributed by atoms with Crippen LogP contribution < -0.4 is 14.1 Å². The highest BCUT2D eigenvalue weighted by Gasteiger charge is 2.74. The fourth-order valence-corrected chi connectivity index (χ4v) is 9.12. The lowest BCUT2D eigenvalue weighted by Crippen LogP contribution is -2.82. The Balaban J connectivity index is 1.46. The van der Waals surface area contributed by atoms with Crippen molar-refractivity contribution in [1.82, 2.24) is 9.27 Å². The van der Waals surface area contributed by atoms with Crippen LogP contribution in [-0.2, 0) is 12.5 Å². The van der Waals surface area contributed by atoms with Gasteiger partial charge in [-0.2, -0.15) is 0 Å². The summed E-state index contributed by atoms with van der Waals surface area (Å²) in [6, 6.07) is 47.7. The zero-order chi connectivity index (χ0) is 27.4. The molecule has 1 unspecified atom stereocenters. The number of hydrogen-bond acceptors (Lipinski definition) is 0. The number of pyridine rings is 1. The highest BCUT2D eigenvalue weighted by Crippen LogP contribution is 2.67. The lowest BCUT2D eigenvalue weighted by molar-refractivity contribution is -1.01. The maximum Gasteiger partial charge on any atom is 0.353 e. The van der Waals surface area contributed by atoms with E-state index in [9.17, 15) is 0 Å². The quantitative estimate of drug-likeness (QED) is 0.147. The second-order valence-electron chi connectivity index (χ2n) is 12.0. The maximum atomic E-state index is 2.59. The van der Waals surface area contributed by atoms with E-state index in [4.69, 9.17) is 0 Å². The number of hydrogen-bond donors (Lipinski definition) is 0. The van der Waals surface area contributed by atoms with Crippen molar-refractivity contribution < 1.29 is 9.35 Å². The first-order valence-corrected chi connectivity index (χ1v) is 14.7. The molecule has 0 N–H and O–H groups in total. The van der Waals surface area contributed by atoms with E-state index >= 15 is 0 Å². The summed E-state index contributed by atoms with van der Waals surface area (Å²) in [5.74, 6) is 1.23. The van der Waals surface area contributed by atoms with E-state index in [1.54, 1.807) is 0 Å². The molecule has 42 heavy (non-hydrogen) atoms. The molecule has 2 spiro atoms. The minimum atomic E-state index is -0.424. The number of quaternary nitrogens is 1. The third-order valence-electron chi connectivity index (χ3n) is 10.4. The molecule has 4 aliphatic rings. The van der Waals surface area contributed by atoms with Gasteiger partial charge in [-0.1, -0.05) is 84.9 Å². The van der Waals surface area contributed by atoms with Gasteiger partial charge in [-0.3, -0.25) is 0 Å². The summed E-state index contributed by atoms with van der Waals surface area (Å²) in [4.78, 5) is 0. The smallest absolute Gasteiger partial charge is 0.221 e. The monoisotopic (exact) mass is 537 g/mol. The van der Waals surface area contributed by atoms with Crippen molar-refractivity contribution in [3.63, 3.8) is 0 Å². The lowest BCUT2D eigenvalue weighted by Gasteiger charge is -2.39. The maximum absolute atomic E-state index is 2.59. The molecule has 0 fully saturated rings. The van der Waals surface area contributed by atoms with Crippen molar-refractivity contribution in [2.75, 3.05) is 0 Å². The SMILES string of the molecule is Cn1c2[n+](c3ccccc31)[N+]13c4c(cccc4C4(c5ccccc5-c5ccccc54)c4cccc-2c41)-c1cccc[n+]13. The average molecular weight is 538 g/mol.